The van der Waals surface area contributed by atoms with Gasteiger partial charge in [-0.05, 0) is 49.2 Å². The van der Waals surface area contributed by atoms with E-state index in [1.165, 1.54) is 23.3 Å². The molecule has 5 heteroatoms. The van der Waals surface area contributed by atoms with Crippen LogP contribution < -0.4 is 5.32 Å². The van der Waals surface area contributed by atoms with Gasteiger partial charge >= 0.3 is 6.03 Å². The number of hydrogen-bond donors (Lipinski definition) is 1. The Bertz CT molecular complexity index is 951. The number of aromatic nitrogens is 1. The summed E-state index contributed by atoms with van der Waals surface area (Å²) in [4.78, 5) is 14.6. The topological polar surface area (TPSA) is 37.3 Å². The molecule has 2 aromatic carbocycles. The van der Waals surface area contributed by atoms with Crippen LogP contribution in [0.2, 0.25) is 0 Å². The maximum Gasteiger partial charge on any atom is 0.322 e. The third-order valence-corrected chi connectivity index (χ3v) is 4.86. The van der Waals surface area contributed by atoms with Crippen LogP contribution in [0.25, 0.3) is 0 Å². The first-order chi connectivity index (χ1) is 14.0. The van der Waals surface area contributed by atoms with Crippen molar-refractivity contribution in [3.8, 4) is 0 Å². The van der Waals surface area contributed by atoms with E-state index in [-0.39, 0.29) is 11.8 Å². The van der Waals surface area contributed by atoms with Crippen LogP contribution in [0.1, 0.15) is 36.6 Å². The van der Waals surface area contributed by atoms with Crippen LogP contribution in [-0.2, 0) is 13.1 Å². The molecule has 0 atom stereocenters. The SMILES string of the molecule is CCCCN(Cc1cccn1Cc1cccc(C)c1)C(=O)Nc1cccc(F)c1. The molecule has 0 aliphatic carbocycles. The molecule has 0 radical (unpaired) electrons. The van der Waals surface area contributed by atoms with E-state index in [1.54, 1.807) is 17.0 Å². The van der Waals surface area contributed by atoms with E-state index < -0.39 is 0 Å². The van der Waals surface area contributed by atoms with Gasteiger partial charge in [0.05, 0.1) is 6.54 Å². The number of hydrogen-bond acceptors (Lipinski definition) is 1. The van der Waals surface area contributed by atoms with Gasteiger partial charge in [-0.15, -0.1) is 0 Å². The number of urea groups is 1. The van der Waals surface area contributed by atoms with Gasteiger partial charge in [-0.1, -0.05) is 49.2 Å². The fourth-order valence-corrected chi connectivity index (χ4v) is 3.32. The van der Waals surface area contributed by atoms with Gasteiger partial charge in [0.1, 0.15) is 5.82 Å². The molecule has 0 bridgehead atoms. The van der Waals surface area contributed by atoms with Gasteiger partial charge < -0.3 is 14.8 Å². The maximum atomic E-state index is 13.4. The second-order valence-corrected chi connectivity index (χ2v) is 7.33. The predicted molar refractivity (Wildman–Crippen MR) is 115 cm³/mol. The average molecular weight is 394 g/mol. The van der Waals surface area contributed by atoms with Crippen molar-refractivity contribution >= 4 is 11.7 Å². The molecule has 0 aliphatic heterocycles. The second kappa shape index (κ2) is 9.92. The zero-order valence-corrected chi connectivity index (χ0v) is 17.1. The number of carbonyl (C=O) groups excluding carboxylic acids is 1. The Morgan fingerprint density at radius 3 is 2.69 bits per heavy atom. The van der Waals surface area contributed by atoms with Crippen LogP contribution in [0.4, 0.5) is 14.9 Å². The first kappa shape index (κ1) is 20.6. The van der Waals surface area contributed by atoms with Crippen molar-refractivity contribution in [3.63, 3.8) is 0 Å². The average Bonchev–Trinajstić information content (AvgIpc) is 3.11. The molecule has 0 aliphatic rings. The zero-order chi connectivity index (χ0) is 20.6. The van der Waals surface area contributed by atoms with Crippen molar-refractivity contribution in [3.05, 3.63) is 89.5 Å². The van der Waals surface area contributed by atoms with Gasteiger partial charge in [0.2, 0.25) is 0 Å². The molecule has 29 heavy (non-hydrogen) atoms. The highest BCUT2D eigenvalue weighted by Crippen LogP contribution is 2.15. The Morgan fingerprint density at radius 1 is 1.10 bits per heavy atom. The highest BCUT2D eigenvalue weighted by molar-refractivity contribution is 5.89. The molecule has 0 unspecified atom stereocenters. The zero-order valence-electron chi connectivity index (χ0n) is 17.1. The molecule has 152 valence electrons. The molecule has 0 spiro atoms. The number of halogens is 1. The lowest BCUT2D eigenvalue weighted by Gasteiger charge is -2.24. The largest absolute Gasteiger partial charge is 0.345 e. The van der Waals surface area contributed by atoms with Crippen molar-refractivity contribution in [2.75, 3.05) is 11.9 Å². The van der Waals surface area contributed by atoms with E-state index in [2.05, 4.69) is 48.0 Å². The summed E-state index contributed by atoms with van der Waals surface area (Å²) in [6.07, 6.45) is 3.95. The van der Waals surface area contributed by atoms with Crippen LogP contribution >= 0.6 is 0 Å². The van der Waals surface area contributed by atoms with E-state index in [4.69, 9.17) is 0 Å². The van der Waals surface area contributed by atoms with Crippen molar-refractivity contribution < 1.29 is 9.18 Å². The maximum absolute atomic E-state index is 13.4. The number of nitrogens with one attached hydrogen (secondary N) is 1. The Hall–Kier alpha value is -3.08. The molecular weight excluding hydrogens is 365 g/mol. The molecule has 4 nitrogen and oxygen atoms in total. The summed E-state index contributed by atoms with van der Waals surface area (Å²) in [6.45, 7) is 6.09. The highest BCUT2D eigenvalue weighted by atomic mass is 19.1. The predicted octanol–water partition coefficient (Wildman–Crippen LogP) is 5.82. The van der Waals surface area contributed by atoms with Gasteiger partial charge in [0, 0.05) is 30.7 Å². The quantitative estimate of drug-likeness (QED) is 0.514. The first-order valence-corrected chi connectivity index (χ1v) is 10.1. The summed E-state index contributed by atoms with van der Waals surface area (Å²) < 4.78 is 15.6. The lowest BCUT2D eigenvalue weighted by atomic mass is 10.1. The summed E-state index contributed by atoms with van der Waals surface area (Å²) in [7, 11) is 0. The normalized spacial score (nSPS) is 10.7. The van der Waals surface area contributed by atoms with E-state index in [0.717, 1.165) is 25.1 Å². The van der Waals surface area contributed by atoms with E-state index >= 15 is 0 Å². The molecule has 2 amide bonds. The summed E-state index contributed by atoms with van der Waals surface area (Å²) in [6, 6.07) is 18.3. The van der Waals surface area contributed by atoms with Crippen molar-refractivity contribution in [2.45, 2.75) is 39.8 Å². The fraction of sp³-hybridized carbons (Fsp3) is 0.292. The van der Waals surface area contributed by atoms with E-state index in [0.29, 0.717) is 18.8 Å². The smallest absolute Gasteiger partial charge is 0.322 e. The van der Waals surface area contributed by atoms with Crippen LogP contribution in [0.5, 0.6) is 0 Å². The molecule has 1 N–H and O–H groups in total. The Kier molecular flexibility index (Phi) is 7.06. The van der Waals surface area contributed by atoms with Crippen molar-refractivity contribution in [1.29, 1.82) is 0 Å². The minimum atomic E-state index is -0.366. The fourth-order valence-electron chi connectivity index (χ4n) is 3.32. The van der Waals surface area contributed by atoms with Crippen molar-refractivity contribution in [2.24, 2.45) is 0 Å². The van der Waals surface area contributed by atoms with Crippen LogP contribution in [0.15, 0.2) is 66.9 Å². The monoisotopic (exact) mass is 393 g/mol. The lowest BCUT2D eigenvalue weighted by molar-refractivity contribution is 0.207. The van der Waals surface area contributed by atoms with Gasteiger partial charge in [0.15, 0.2) is 0 Å². The number of anilines is 1. The van der Waals surface area contributed by atoms with Gasteiger partial charge in [-0.25, -0.2) is 9.18 Å². The van der Waals surface area contributed by atoms with Gasteiger partial charge in [-0.2, -0.15) is 0 Å². The Morgan fingerprint density at radius 2 is 1.93 bits per heavy atom. The summed E-state index contributed by atoms with van der Waals surface area (Å²) in [5.41, 5.74) is 3.99. The number of benzene rings is 2. The molecule has 3 aromatic rings. The molecule has 1 aromatic heterocycles. The number of carbonyl (C=O) groups is 1. The molecule has 0 saturated carbocycles. The molecule has 0 saturated heterocycles. The summed E-state index contributed by atoms with van der Waals surface area (Å²) >= 11 is 0. The third-order valence-electron chi connectivity index (χ3n) is 4.86. The standard InChI is InChI=1S/C24H28FN3O/c1-3-4-13-28(24(29)26-22-11-6-10-21(25)16-22)18-23-12-7-14-27(23)17-20-9-5-8-19(2)15-20/h5-12,14-16H,3-4,13,17-18H2,1-2H3,(H,26,29). The number of rotatable bonds is 8. The number of aryl methyl sites for hydroxylation is 1. The van der Waals surface area contributed by atoms with Crippen LogP contribution in [-0.4, -0.2) is 22.0 Å². The number of nitrogens with zero attached hydrogens (tertiary/aromatic N) is 2. The van der Waals surface area contributed by atoms with Crippen LogP contribution in [0.3, 0.4) is 0 Å². The van der Waals surface area contributed by atoms with Crippen LogP contribution in [0, 0.1) is 12.7 Å². The molecule has 1 heterocycles. The molecular formula is C24H28FN3O. The molecule has 0 fully saturated rings. The molecule has 3 rings (SSSR count). The lowest BCUT2D eigenvalue weighted by Crippen LogP contribution is -2.36. The van der Waals surface area contributed by atoms with Gasteiger partial charge in [-0.3, -0.25) is 0 Å². The van der Waals surface area contributed by atoms with E-state index in [9.17, 15) is 9.18 Å². The highest BCUT2D eigenvalue weighted by Gasteiger charge is 2.16. The summed E-state index contributed by atoms with van der Waals surface area (Å²) in [5.74, 6) is -0.366. The first-order valence-electron chi connectivity index (χ1n) is 10.1. The second-order valence-electron chi connectivity index (χ2n) is 7.33. The van der Waals surface area contributed by atoms with E-state index in [1.807, 2.05) is 18.3 Å². The Balaban J connectivity index is 1.73. The minimum Gasteiger partial charge on any atom is -0.345 e. The van der Waals surface area contributed by atoms with Gasteiger partial charge in [0.25, 0.3) is 0 Å². The Labute approximate surface area is 172 Å². The number of amides is 2. The minimum absolute atomic E-state index is 0.215. The van der Waals surface area contributed by atoms with Crippen molar-refractivity contribution in [1.82, 2.24) is 9.47 Å². The third kappa shape index (κ3) is 5.95. The number of unbranched alkanes of at least 4 members (excludes halogenated alkanes) is 1. The summed E-state index contributed by atoms with van der Waals surface area (Å²) in [5, 5.41) is 2.82.